The van der Waals surface area contributed by atoms with Crippen LogP contribution in [0.3, 0.4) is 0 Å². The Bertz CT molecular complexity index is 308. The van der Waals surface area contributed by atoms with E-state index in [1.54, 1.807) is 12.3 Å². The van der Waals surface area contributed by atoms with Crippen molar-refractivity contribution in [3.63, 3.8) is 0 Å². The van der Waals surface area contributed by atoms with Crippen molar-refractivity contribution in [2.24, 2.45) is 0 Å². The summed E-state index contributed by atoms with van der Waals surface area (Å²) in [5.41, 5.74) is 1.69. The van der Waals surface area contributed by atoms with E-state index in [1.807, 2.05) is 19.9 Å². The van der Waals surface area contributed by atoms with Crippen LogP contribution in [0.2, 0.25) is 0 Å². The standard InChI is InChI=1S/C10H13NO2/c1-7(2)10-8(6-9(12)13)4-3-5-11-10/h3-5,7H,6H2,1-2H3,(H,12,13). The van der Waals surface area contributed by atoms with E-state index in [0.29, 0.717) is 0 Å². The van der Waals surface area contributed by atoms with E-state index in [-0.39, 0.29) is 12.3 Å². The Morgan fingerprint density at radius 1 is 1.62 bits per heavy atom. The van der Waals surface area contributed by atoms with Gasteiger partial charge in [0.2, 0.25) is 0 Å². The highest BCUT2D eigenvalue weighted by Gasteiger charge is 2.09. The number of carboxylic acid groups (broad SMARTS) is 1. The quantitative estimate of drug-likeness (QED) is 0.770. The second-order valence-corrected chi connectivity index (χ2v) is 3.27. The van der Waals surface area contributed by atoms with E-state index in [1.165, 1.54) is 0 Å². The summed E-state index contributed by atoms with van der Waals surface area (Å²) in [5, 5.41) is 8.65. The summed E-state index contributed by atoms with van der Waals surface area (Å²) in [4.78, 5) is 14.7. The molecule has 70 valence electrons. The summed E-state index contributed by atoms with van der Waals surface area (Å²) < 4.78 is 0. The number of hydrogen-bond acceptors (Lipinski definition) is 2. The van der Waals surface area contributed by atoms with E-state index in [4.69, 9.17) is 5.11 Å². The molecule has 1 aromatic heterocycles. The van der Waals surface area contributed by atoms with E-state index < -0.39 is 5.97 Å². The van der Waals surface area contributed by atoms with Crippen LogP contribution < -0.4 is 0 Å². The maximum absolute atomic E-state index is 10.5. The third-order valence-corrected chi connectivity index (χ3v) is 1.81. The van der Waals surface area contributed by atoms with Gasteiger partial charge in [-0.05, 0) is 17.5 Å². The molecular formula is C10H13NO2. The van der Waals surface area contributed by atoms with Gasteiger partial charge >= 0.3 is 5.97 Å². The third kappa shape index (κ3) is 2.54. The Labute approximate surface area is 77.4 Å². The number of rotatable bonds is 3. The van der Waals surface area contributed by atoms with Crippen molar-refractivity contribution in [1.29, 1.82) is 0 Å². The zero-order valence-electron chi connectivity index (χ0n) is 7.82. The van der Waals surface area contributed by atoms with Crippen molar-refractivity contribution in [3.8, 4) is 0 Å². The topological polar surface area (TPSA) is 50.2 Å². The number of pyridine rings is 1. The van der Waals surface area contributed by atoms with E-state index in [2.05, 4.69) is 4.98 Å². The molecule has 0 atom stereocenters. The summed E-state index contributed by atoms with van der Waals surface area (Å²) in [5.74, 6) is -0.537. The monoisotopic (exact) mass is 179 g/mol. The number of hydrogen-bond donors (Lipinski definition) is 1. The number of carboxylic acids is 1. The smallest absolute Gasteiger partial charge is 0.307 e. The van der Waals surface area contributed by atoms with Crippen LogP contribution in [0.1, 0.15) is 31.0 Å². The number of aliphatic carboxylic acids is 1. The number of aromatic nitrogens is 1. The zero-order valence-corrected chi connectivity index (χ0v) is 7.82. The van der Waals surface area contributed by atoms with Crippen LogP contribution in [-0.4, -0.2) is 16.1 Å². The molecular weight excluding hydrogens is 166 g/mol. The first kappa shape index (κ1) is 9.71. The highest BCUT2D eigenvalue weighted by molar-refractivity contribution is 5.70. The molecule has 1 aromatic rings. The second-order valence-electron chi connectivity index (χ2n) is 3.27. The van der Waals surface area contributed by atoms with E-state index >= 15 is 0 Å². The highest BCUT2D eigenvalue weighted by atomic mass is 16.4. The predicted octanol–water partition coefficient (Wildman–Crippen LogP) is 1.83. The maximum Gasteiger partial charge on any atom is 0.307 e. The van der Waals surface area contributed by atoms with Gasteiger partial charge in [-0.1, -0.05) is 19.9 Å². The fourth-order valence-electron chi connectivity index (χ4n) is 1.28. The largest absolute Gasteiger partial charge is 0.481 e. The highest BCUT2D eigenvalue weighted by Crippen LogP contribution is 2.16. The van der Waals surface area contributed by atoms with Gasteiger partial charge in [-0.15, -0.1) is 0 Å². The molecule has 1 N–H and O–H groups in total. The SMILES string of the molecule is CC(C)c1ncccc1CC(=O)O. The summed E-state index contributed by atoms with van der Waals surface area (Å²) in [6, 6.07) is 3.58. The number of carbonyl (C=O) groups is 1. The van der Waals surface area contributed by atoms with Crippen LogP contribution in [-0.2, 0) is 11.2 Å². The molecule has 0 fully saturated rings. The van der Waals surface area contributed by atoms with Crippen molar-refractivity contribution < 1.29 is 9.90 Å². The normalized spacial score (nSPS) is 10.4. The minimum Gasteiger partial charge on any atom is -0.481 e. The molecule has 3 heteroatoms. The first-order valence-electron chi connectivity index (χ1n) is 4.27. The van der Waals surface area contributed by atoms with Gasteiger partial charge in [0.25, 0.3) is 0 Å². The molecule has 3 nitrogen and oxygen atoms in total. The van der Waals surface area contributed by atoms with E-state index in [0.717, 1.165) is 11.3 Å². The molecule has 0 aliphatic heterocycles. The lowest BCUT2D eigenvalue weighted by atomic mass is 10.0. The zero-order chi connectivity index (χ0) is 9.84. The molecule has 0 radical (unpaired) electrons. The Morgan fingerprint density at radius 2 is 2.31 bits per heavy atom. The van der Waals surface area contributed by atoms with Gasteiger partial charge in [0, 0.05) is 11.9 Å². The molecule has 0 aliphatic carbocycles. The van der Waals surface area contributed by atoms with Gasteiger partial charge in [-0.2, -0.15) is 0 Å². The Balaban J connectivity index is 2.97. The molecule has 1 rings (SSSR count). The van der Waals surface area contributed by atoms with Gasteiger partial charge in [0.15, 0.2) is 0 Å². The molecule has 13 heavy (non-hydrogen) atoms. The number of nitrogens with zero attached hydrogens (tertiary/aromatic N) is 1. The third-order valence-electron chi connectivity index (χ3n) is 1.81. The Morgan fingerprint density at radius 3 is 2.85 bits per heavy atom. The molecule has 0 bridgehead atoms. The van der Waals surface area contributed by atoms with Crippen LogP contribution in [0.15, 0.2) is 18.3 Å². The maximum atomic E-state index is 10.5. The first-order chi connectivity index (χ1) is 6.11. The molecule has 1 heterocycles. The van der Waals surface area contributed by atoms with Crippen LogP contribution in [0, 0.1) is 0 Å². The fraction of sp³-hybridized carbons (Fsp3) is 0.400. The Kier molecular flexibility index (Phi) is 3.01. The molecule has 0 aliphatic rings. The molecule has 0 amide bonds. The summed E-state index contributed by atoms with van der Waals surface area (Å²) in [7, 11) is 0. The minimum absolute atomic E-state index is 0.0569. The lowest BCUT2D eigenvalue weighted by Crippen LogP contribution is -2.06. The first-order valence-corrected chi connectivity index (χ1v) is 4.27. The van der Waals surface area contributed by atoms with Crippen molar-refractivity contribution in [3.05, 3.63) is 29.6 Å². The van der Waals surface area contributed by atoms with Gasteiger partial charge in [-0.3, -0.25) is 9.78 Å². The predicted molar refractivity (Wildman–Crippen MR) is 49.7 cm³/mol. The van der Waals surface area contributed by atoms with Crippen LogP contribution >= 0.6 is 0 Å². The van der Waals surface area contributed by atoms with Crippen molar-refractivity contribution in [1.82, 2.24) is 4.98 Å². The van der Waals surface area contributed by atoms with Gasteiger partial charge in [0.05, 0.1) is 6.42 Å². The van der Waals surface area contributed by atoms with Gasteiger partial charge in [-0.25, -0.2) is 0 Å². The van der Waals surface area contributed by atoms with Crippen molar-refractivity contribution >= 4 is 5.97 Å². The Hall–Kier alpha value is -1.38. The average molecular weight is 179 g/mol. The second kappa shape index (κ2) is 4.03. The summed E-state index contributed by atoms with van der Waals surface area (Å²) in [6.45, 7) is 4.02. The molecule has 0 saturated heterocycles. The molecule has 0 saturated carbocycles. The lowest BCUT2D eigenvalue weighted by molar-refractivity contribution is -0.136. The van der Waals surface area contributed by atoms with Gasteiger partial charge in [0.1, 0.15) is 0 Å². The van der Waals surface area contributed by atoms with Crippen LogP contribution in [0.25, 0.3) is 0 Å². The molecule has 0 unspecified atom stereocenters. The van der Waals surface area contributed by atoms with Crippen LogP contribution in [0.5, 0.6) is 0 Å². The summed E-state index contributed by atoms with van der Waals surface area (Å²) >= 11 is 0. The summed E-state index contributed by atoms with van der Waals surface area (Å²) in [6.07, 6.45) is 1.75. The fourth-order valence-corrected chi connectivity index (χ4v) is 1.28. The van der Waals surface area contributed by atoms with E-state index in [9.17, 15) is 4.79 Å². The van der Waals surface area contributed by atoms with Crippen LogP contribution in [0.4, 0.5) is 0 Å². The van der Waals surface area contributed by atoms with Crippen molar-refractivity contribution in [2.45, 2.75) is 26.2 Å². The van der Waals surface area contributed by atoms with Gasteiger partial charge < -0.3 is 5.11 Å². The van der Waals surface area contributed by atoms with Crippen molar-refractivity contribution in [2.75, 3.05) is 0 Å². The molecule has 0 spiro atoms. The molecule has 0 aromatic carbocycles. The average Bonchev–Trinajstić information content (AvgIpc) is 2.03. The minimum atomic E-state index is -0.810. The lowest BCUT2D eigenvalue weighted by Gasteiger charge is -2.08.